The van der Waals surface area contributed by atoms with E-state index < -0.39 is 5.82 Å². The third-order valence-corrected chi connectivity index (χ3v) is 3.66. The summed E-state index contributed by atoms with van der Waals surface area (Å²) in [5, 5.41) is 9.16. The number of rotatable bonds is 2. The molecule has 0 aliphatic carbocycles. The summed E-state index contributed by atoms with van der Waals surface area (Å²) >= 11 is 0. The predicted molar refractivity (Wildman–Crippen MR) is 68.5 cm³/mol. The highest BCUT2D eigenvalue weighted by atomic mass is 19.1. The second kappa shape index (κ2) is 5.57. The summed E-state index contributed by atoms with van der Waals surface area (Å²) in [6.45, 7) is 3.15. The number of carbonyl (C=O) groups excluding carboxylic acids is 1. The molecular weight excluding hydrogens is 249 g/mol. The average Bonchev–Trinajstić information content (AvgIpc) is 2.38. The monoisotopic (exact) mass is 267 g/mol. The highest BCUT2D eigenvalue weighted by molar-refractivity contribution is 5.94. The van der Waals surface area contributed by atoms with E-state index in [2.05, 4.69) is 6.92 Å². The normalized spacial score (nSPS) is 23.4. The lowest BCUT2D eigenvalue weighted by atomic mass is 9.95. The van der Waals surface area contributed by atoms with Crippen LogP contribution in [-0.2, 0) is 4.74 Å². The molecule has 0 radical (unpaired) electrons. The van der Waals surface area contributed by atoms with E-state index in [0.29, 0.717) is 19.0 Å². The number of hydrogen-bond acceptors (Lipinski definition) is 3. The molecule has 0 saturated carbocycles. The molecule has 0 aromatic heterocycles. The number of methoxy groups -OCH3 is 1. The van der Waals surface area contributed by atoms with Crippen molar-refractivity contribution in [1.82, 2.24) is 4.90 Å². The van der Waals surface area contributed by atoms with Gasteiger partial charge in [0.25, 0.3) is 5.91 Å². The lowest BCUT2D eigenvalue weighted by Crippen LogP contribution is -2.46. The van der Waals surface area contributed by atoms with E-state index in [0.717, 1.165) is 12.5 Å². The molecule has 1 fully saturated rings. The number of amides is 1. The molecule has 0 bridgehead atoms. The molecule has 1 aliphatic rings. The van der Waals surface area contributed by atoms with Crippen LogP contribution in [0.25, 0.3) is 0 Å². The largest absolute Gasteiger partial charge is 0.508 e. The zero-order valence-corrected chi connectivity index (χ0v) is 11.1. The van der Waals surface area contributed by atoms with Crippen molar-refractivity contribution in [1.29, 1.82) is 0 Å². The third-order valence-electron chi connectivity index (χ3n) is 3.66. The van der Waals surface area contributed by atoms with Crippen LogP contribution >= 0.6 is 0 Å². The number of hydrogen-bond donors (Lipinski definition) is 1. The summed E-state index contributed by atoms with van der Waals surface area (Å²) in [6.07, 6.45) is 0.821. The maximum absolute atomic E-state index is 13.7. The van der Waals surface area contributed by atoms with Crippen LogP contribution in [0, 0.1) is 11.7 Å². The van der Waals surface area contributed by atoms with E-state index in [9.17, 15) is 9.18 Å². The number of phenols is 1. The molecule has 1 amide bonds. The zero-order chi connectivity index (χ0) is 14.0. The van der Waals surface area contributed by atoms with Gasteiger partial charge in [-0.2, -0.15) is 0 Å². The Hall–Kier alpha value is -1.62. The van der Waals surface area contributed by atoms with Crippen molar-refractivity contribution in [2.24, 2.45) is 5.92 Å². The number of benzene rings is 1. The summed E-state index contributed by atoms with van der Waals surface area (Å²) in [5.74, 6) is -0.848. The number of piperidine rings is 1. The number of likely N-dealkylation sites (tertiary alicyclic amines) is 1. The maximum Gasteiger partial charge on any atom is 0.256 e. The fraction of sp³-hybridized carbons (Fsp3) is 0.500. The molecule has 1 aromatic rings. The molecular formula is C14H18FNO3. The predicted octanol–water partition coefficient (Wildman–Crippen LogP) is 2.03. The van der Waals surface area contributed by atoms with E-state index in [1.54, 1.807) is 12.0 Å². The topological polar surface area (TPSA) is 49.8 Å². The SMILES string of the molecule is COC1CN(C(=O)c2ccc(O)cc2F)CCC1C. The fourth-order valence-corrected chi connectivity index (χ4v) is 2.37. The second-order valence-electron chi connectivity index (χ2n) is 4.96. The number of nitrogens with zero attached hydrogens (tertiary/aromatic N) is 1. The smallest absolute Gasteiger partial charge is 0.256 e. The molecule has 2 unspecified atom stereocenters. The van der Waals surface area contributed by atoms with E-state index in [4.69, 9.17) is 9.84 Å². The van der Waals surface area contributed by atoms with Crippen molar-refractivity contribution in [2.45, 2.75) is 19.4 Å². The van der Waals surface area contributed by atoms with Gasteiger partial charge in [-0.25, -0.2) is 4.39 Å². The van der Waals surface area contributed by atoms with Gasteiger partial charge in [-0.15, -0.1) is 0 Å². The molecule has 1 aliphatic heterocycles. The minimum atomic E-state index is -0.697. The first kappa shape index (κ1) is 13.8. The summed E-state index contributed by atoms with van der Waals surface area (Å²) in [6, 6.07) is 3.58. The van der Waals surface area contributed by atoms with Gasteiger partial charge >= 0.3 is 0 Å². The highest BCUT2D eigenvalue weighted by Gasteiger charge is 2.30. The van der Waals surface area contributed by atoms with Crippen molar-refractivity contribution < 1.29 is 19.0 Å². The summed E-state index contributed by atoms with van der Waals surface area (Å²) in [4.78, 5) is 13.8. The van der Waals surface area contributed by atoms with Gasteiger partial charge in [0.05, 0.1) is 11.7 Å². The Balaban J connectivity index is 2.15. The Bertz CT molecular complexity index is 478. The van der Waals surface area contributed by atoms with E-state index in [-0.39, 0.29) is 23.3 Å². The standard InChI is InChI=1S/C14H18FNO3/c1-9-5-6-16(8-13(9)19-2)14(18)11-4-3-10(17)7-12(11)15/h3-4,7,9,13,17H,5-6,8H2,1-2H3. The molecule has 2 atom stereocenters. The Labute approximate surface area is 111 Å². The first-order valence-corrected chi connectivity index (χ1v) is 6.33. The van der Waals surface area contributed by atoms with Gasteiger partial charge in [-0.3, -0.25) is 4.79 Å². The molecule has 4 nitrogen and oxygen atoms in total. The van der Waals surface area contributed by atoms with E-state index >= 15 is 0 Å². The van der Waals surface area contributed by atoms with Crippen LogP contribution in [0.2, 0.25) is 0 Å². The number of aromatic hydroxyl groups is 1. The lowest BCUT2D eigenvalue weighted by Gasteiger charge is -2.36. The number of phenolic OH excluding ortho intramolecular Hbond substituents is 1. The Morgan fingerprint density at radius 2 is 2.26 bits per heavy atom. The van der Waals surface area contributed by atoms with Crippen molar-refractivity contribution in [3.63, 3.8) is 0 Å². The van der Waals surface area contributed by atoms with Crippen LogP contribution in [0.15, 0.2) is 18.2 Å². The van der Waals surface area contributed by atoms with Gasteiger partial charge in [0.2, 0.25) is 0 Å². The summed E-state index contributed by atoms with van der Waals surface area (Å²) < 4.78 is 19.0. The molecule has 1 N–H and O–H groups in total. The molecule has 1 heterocycles. The van der Waals surface area contributed by atoms with Gasteiger partial charge in [-0.05, 0) is 24.5 Å². The van der Waals surface area contributed by atoms with Crippen LogP contribution in [0.1, 0.15) is 23.7 Å². The summed E-state index contributed by atoms with van der Waals surface area (Å²) in [5.41, 5.74) is -0.0118. The van der Waals surface area contributed by atoms with Crippen LogP contribution in [-0.4, -0.2) is 42.2 Å². The van der Waals surface area contributed by atoms with Crippen molar-refractivity contribution >= 4 is 5.91 Å². The second-order valence-corrected chi connectivity index (χ2v) is 4.96. The Morgan fingerprint density at radius 3 is 2.89 bits per heavy atom. The zero-order valence-electron chi connectivity index (χ0n) is 11.1. The number of carbonyl (C=O) groups is 1. The van der Waals surface area contributed by atoms with Crippen molar-refractivity contribution in [2.75, 3.05) is 20.2 Å². The first-order valence-electron chi connectivity index (χ1n) is 6.33. The maximum atomic E-state index is 13.7. The molecule has 19 heavy (non-hydrogen) atoms. The minimum Gasteiger partial charge on any atom is -0.508 e. The molecule has 5 heteroatoms. The van der Waals surface area contributed by atoms with Crippen LogP contribution in [0.4, 0.5) is 4.39 Å². The van der Waals surface area contributed by atoms with Gasteiger partial charge in [0.15, 0.2) is 0 Å². The van der Waals surface area contributed by atoms with Crippen LogP contribution < -0.4 is 0 Å². The average molecular weight is 267 g/mol. The Kier molecular flexibility index (Phi) is 4.04. The lowest BCUT2D eigenvalue weighted by molar-refractivity contribution is -0.00172. The van der Waals surface area contributed by atoms with Gasteiger partial charge in [-0.1, -0.05) is 6.92 Å². The molecule has 1 saturated heterocycles. The molecule has 0 spiro atoms. The Morgan fingerprint density at radius 1 is 1.53 bits per heavy atom. The van der Waals surface area contributed by atoms with Crippen molar-refractivity contribution in [3.05, 3.63) is 29.6 Å². The molecule has 1 aromatic carbocycles. The van der Waals surface area contributed by atoms with Crippen LogP contribution in [0.5, 0.6) is 5.75 Å². The van der Waals surface area contributed by atoms with Gasteiger partial charge in [0, 0.05) is 26.3 Å². The molecule has 2 rings (SSSR count). The van der Waals surface area contributed by atoms with Crippen LogP contribution in [0.3, 0.4) is 0 Å². The quantitative estimate of drug-likeness (QED) is 0.892. The third kappa shape index (κ3) is 2.87. The summed E-state index contributed by atoms with van der Waals surface area (Å²) in [7, 11) is 1.62. The van der Waals surface area contributed by atoms with Gasteiger partial charge < -0.3 is 14.7 Å². The van der Waals surface area contributed by atoms with E-state index in [1.807, 2.05) is 0 Å². The first-order chi connectivity index (χ1) is 9.02. The highest BCUT2D eigenvalue weighted by Crippen LogP contribution is 2.23. The van der Waals surface area contributed by atoms with Gasteiger partial charge in [0.1, 0.15) is 11.6 Å². The number of halogens is 1. The minimum absolute atomic E-state index is 0.0118. The molecule has 104 valence electrons. The fourth-order valence-electron chi connectivity index (χ4n) is 2.37. The number of ether oxygens (including phenoxy) is 1. The van der Waals surface area contributed by atoms with Crippen molar-refractivity contribution in [3.8, 4) is 5.75 Å². The van der Waals surface area contributed by atoms with E-state index in [1.165, 1.54) is 12.1 Å².